The van der Waals surface area contributed by atoms with E-state index in [2.05, 4.69) is 15.3 Å². The summed E-state index contributed by atoms with van der Waals surface area (Å²) in [6.07, 6.45) is 7.42. The topological polar surface area (TPSA) is 120 Å². The lowest BCUT2D eigenvalue weighted by Gasteiger charge is -2.35. The number of alkyl halides is 3. The van der Waals surface area contributed by atoms with Gasteiger partial charge in [0, 0.05) is 30.4 Å². The Balaban J connectivity index is 1.51. The first-order valence-corrected chi connectivity index (χ1v) is 12.0. The van der Waals surface area contributed by atoms with E-state index in [1.165, 1.54) is 6.20 Å². The third-order valence-electron chi connectivity index (χ3n) is 5.75. The van der Waals surface area contributed by atoms with Crippen molar-refractivity contribution in [2.24, 2.45) is 0 Å². The summed E-state index contributed by atoms with van der Waals surface area (Å²) in [6.45, 7) is 0.596. The van der Waals surface area contributed by atoms with Crippen LogP contribution >= 0.6 is 0 Å². The molecule has 2 N–H and O–H groups in total. The minimum atomic E-state index is -5.41. The Hall–Kier alpha value is -1.83. The number of carbonyl (C=O) groups is 1. The molecule has 0 radical (unpaired) electrons. The predicted octanol–water partition coefficient (Wildman–Crippen LogP) is 1.66. The smallest absolute Gasteiger partial charge is 0.469 e. The first-order valence-electron chi connectivity index (χ1n) is 10.5. The van der Waals surface area contributed by atoms with Gasteiger partial charge in [-0.2, -0.15) is 13.2 Å². The zero-order valence-corrected chi connectivity index (χ0v) is 18.2. The highest BCUT2D eigenvalue weighted by atomic mass is 32.2. The molecule has 0 bridgehead atoms. The SMILES string of the molecule is O=CCOc1nccnc1[C@H]1CC[C@@H](OC[C@@H]2NCCC[C@@H]2NS(=O)(=O)C(F)(F)F)CC1. The molecule has 13 heteroatoms. The minimum absolute atomic E-state index is 0.0918. The first-order chi connectivity index (χ1) is 15.2. The van der Waals surface area contributed by atoms with E-state index >= 15 is 0 Å². The molecule has 32 heavy (non-hydrogen) atoms. The molecule has 180 valence electrons. The van der Waals surface area contributed by atoms with Crippen molar-refractivity contribution in [3.8, 4) is 5.88 Å². The lowest BCUT2D eigenvalue weighted by atomic mass is 9.85. The molecule has 0 spiro atoms. The van der Waals surface area contributed by atoms with E-state index in [4.69, 9.17) is 9.47 Å². The number of sulfonamides is 1. The average molecular weight is 481 g/mol. The van der Waals surface area contributed by atoms with Crippen LogP contribution in [-0.2, 0) is 19.6 Å². The van der Waals surface area contributed by atoms with Crippen molar-refractivity contribution in [2.75, 3.05) is 19.8 Å². The zero-order chi connectivity index (χ0) is 23.2. The molecular formula is C19H27F3N4O5S. The van der Waals surface area contributed by atoms with Gasteiger partial charge in [-0.15, -0.1) is 0 Å². The zero-order valence-electron chi connectivity index (χ0n) is 17.4. The highest BCUT2D eigenvalue weighted by Gasteiger charge is 2.47. The van der Waals surface area contributed by atoms with Gasteiger partial charge in [0.2, 0.25) is 5.88 Å². The summed E-state index contributed by atoms with van der Waals surface area (Å²) < 4.78 is 74.2. The van der Waals surface area contributed by atoms with E-state index in [1.807, 2.05) is 0 Å². The first kappa shape index (κ1) is 24.8. The maximum Gasteiger partial charge on any atom is 0.511 e. The summed E-state index contributed by atoms with van der Waals surface area (Å²) in [4.78, 5) is 19.1. The molecule has 2 fully saturated rings. The third-order valence-corrected chi connectivity index (χ3v) is 6.97. The van der Waals surface area contributed by atoms with Crippen molar-refractivity contribution in [1.29, 1.82) is 0 Å². The van der Waals surface area contributed by atoms with E-state index < -0.39 is 27.6 Å². The second-order valence-corrected chi connectivity index (χ2v) is 9.61. The molecule has 1 aliphatic heterocycles. The molecule has 2 heterocycles. The Morgan fingerprint density at radius 3 is 2.56 bits per heavy atom. The predicted molar refractivity (Wildman–Crippen MR) is 107 cm³/mol. The normalized spacial score (nSPS) is 27.1. The maximum atomic E-state index is 12.7. The molecule has 1 aromatic heterocycles. The van der Waals surface area contributed by atoms with Gasteiger partial charge < -0.3 is 14.8 Å². The Bertz CT molecular complexity index is 863. The van der Waals surface area contributed by atoms with E-state index in [9.17, 15) is 26.4 Å². The van der Waals surface area contributed by atoms with Crippen molar-refractivity contribution < 1.29 is 35.9 Å². The number of aromatic nitrogens is 2. The molecule has 0 aromatic carbocycles. The molecule has 1 saturated heterocycles. The van der Waals surface area contributed by atoms with Crippen molar-refractivity contribution >= 4 is 16.3 Å². The van der Waals surface area contributed by atoms with Crippen LogP contribution in [0.2, 0.25) is 0 Å². The molecule has 3 rings (SSSR count). The van der Waals surface area contributed by atoms with Crippen LogP contribution in [0, 0.1) is 0 Å². The van der Waals surface area contributed by atoms with Crippen LogP contribution < -0.4 is 14.8 Å². The number of hydrogen-bond donors (Lipinski definition) is 2. The van der Waals surface area contributed by atoms with Crippen molar-refractivity contribution in [3.05, 3.63) is 18.1 Å². The van der Waals surface area contributed by atoms with Crippen molar-refractivity contribution in [2.45, 2.75) is 68.1 Å². The van der Waals surface area contributed by atoms with Gasteiger partial charge in [0.15, 0.2) is 6.29 Å². The summed E-state index contributed by atoms with van der Waals surface area (Å²) in [5.74, 6) is 0.444. The molecule has 1 saturated carbocycles. The summed E-state index contributed by atoms with van der Waals surface area (Å²) in [7, 11) is -5.41. The van der Waals surface area contributed by atoms with Gasteiger partial charge in [-0.3, -0.25) is 9.78 Å². The summed E-state index contributed by atoms with van der Waals surface area (Å²) in [5, 5.41) is 3.06. The van der Waals surface area contributed by atoms with Crippen molar-refractivity contribution in [3.63, 3.8) is 0 Å². The van der Waals surface area contributed by atoms with Crippen molar-refractivity contribution in [1.82, 2.24) is 20.0 Å². The molecule has 9 nitrogen and oxygen atoms in total. The van der Waals surface area contributed by atoms with Crippen LogP contribution in [0.15, 0.2) is 12.4 Å². The van der Waals surface area contributed by atoms with Gasteiger partial charge >= 0.3 is 15.5 Å². The second-order valence-electron chi connectivity index (χ2n) is 7.91. The fourth-order valence-corrected chi connectivity index (χ4v) is 4.93. The van der Waals surface area contributed by atoms with E-state index in [0.717, 1.165) is 12.8 Å². The Kier molecular flexibility index (Phi) is 8.42. The molecular weight excluding hydrogens is 453 g/mol. The molecule has 1 aliphatic carbocycles. The van der Waals surface area contributed by atoms with Gasteiger partial charge in [0.25, 0.3) is 0 Å². The fourth-order valence-electron chi connectivity index (χ4n) is 4.12. The number of halogens is 3. The lowest BCUT2D eigenvalue weighted by Crippen LogP contribution is -2.57. The molecule has 1 aromatic rings. The highest BCUT2D eigenvalue weighted by Crippen LogP contribution is 2.36. The summed E-state index contributed by atoms with van der Waals surface area (Å²) in [6, 6.07) is -1.43. The molecule has 2 atom stereocenters. The van der Waals surface area contributed by atoms with Crippen LogP contribution in [-0.4, -0.2) is 68.1 Å². The van der Waals surface area contributed by atoms with Crippen LogP contribution in [0.25, 0.3) is 0 Å². The summed E-state index contributed by atoms with van der Waals surface area (Å²) in [5.41, 5.74) is -4.65. The molecule has 0 unspecified atom stereocenters. The largest absolute Gasteiger partial charge is 0.511 e. The Labute approximate surface area is 184 Å². The number of piperidine rings is 1. The Morgan fingerprint density at radius 2 is 1.88 bits per heavy atom. The van der Waals surface area contributed by atoms with Gasteiger partial charge in [0.05, 0.1) is 12.7 Å². The van der Waals surface area contributed by atoms with Gasteiger partial charge in [-0.25, -0.2) is 18.1 Å². The van der Waals surface area contributed by atoms with Gasteiger partial charge in [0.1, 0.15) is 12.3 Å². The second kappa shape index (κ2) is 10.9. The Morgan fingerprint density at radius 1 is 1.16 bits per heavy atom. The van der Waals surface area contributed by atoms with Gasteiger partial charge in [-0.05, 0) is 45.1 Å². The number of aldehydes is 1. The van der Waals surface area contributed by atoms with Crippen LogP contribution in [0.4, 0.5) is 13.2 Å². The number of ether oxygens (including phenoxy) is 2. The van der Waals surface area contributed by atoms with Crippen LogP contribution in [0.3, 0.4) is 0 Å². The highest BCUT2D eigenvalue weighted by molar-refractivity contribution is 7.90. The molecule has 2 aliphatic rings. The third kappa shape index (κ3) is 6.36. The number of rotatable bonds is 9. The molecule has 0 amide bonds. The summed E-state index contributed by atoms with van der Waals surface area (Å²) >= 11 is 0. The number of nitrogens with one attached hydrogen (secondary N) is 2. The lowest BCUT2D eigenvalue weighted by molar-refractivity contribution is -0.109. The maximum absolute atomic E-state index is 12.7. The van der Waals surface area contributed by atoms with Crippen LogP contribution in [0.1, 0.15) is 50.1 Å². The van der Waals surface area contributed by atoms with E-state index in [-0.39, 0.29) is 25.2 Å². The monoisotopic (exact) mass is 480 g/mol. The van der Waals surface area contributed by atoms with Crippen LogP contribution in [0.5, 0.6) is 5.88 Å². The number of carbonyl (C=O) groups excluding carboxylic acids is 1. The van der Waals surface area contributed by atoms with E-state index in [0.29, 0.717) is 50.1 Å². The van der Waals surface area contributed by atoms with Gasteiger partial charge in [-0.1, -0.05) is 0 Å². The number of nitrogens with zero attached hydrogens (tertiary/aromatic N) is 2. The minimum Gasteiger partial charge on any atom is -0.469 e. The average Bonchev–Trinajstić information content (AvgIpc) is 2.77. The number of hydrogen-bond acceptors (Lipinski definition) is 8. The fraction of sp³-hybridized carbons (Fsp3) is 0.737. The quantitative estimate of drug-likeness (QED) is 0.512. The van der Waals surface area contributed by atoms with E-state index in [1.54, 1.807) is 10.9 Å². The standard InChI is InChI=1S/C19H27F3N4O5S/c20-19(21,22)32(28,29)26-15-2-1-7-23-16(15)12-31-14-5-3-13(4-6-14)17-18(30-11-10-27)25-9-8-24-17/h8-10,13-16,23,26H,1-7,11-12H2/t13-,14+,15-,16-/m0/s1.